The smallest absolute Gasteiger partial charge is 0.112 e. The molecular weight excluding hydrogens is 186 g/mol. The Kier molecular flexibility index (Phi) is 2.09. The van der Waals surface area contributed by atoms with E-state index in [2.05, 4.69) is 11.5 Å². The number of imidazole rings is 1. The second-order valence-corrected chi connectivity index (χ2v) is 5.03. The maximum Gasteiger partial charge on any atom is 0.112 e. The zero-order chi connectivity index (χ0) is 10.4. The van der Waals surface area contributed by atoms with Crippen molar-refractivity contribution >= 4 is 0 Å². The Morgan fingerprint density at radius 1 is 1.33 bits per heavy atom. The van der Waals surface area contributed by atoms with Crippen LogP contribution in [0.1, 0.15) is 48.8 Å². The summed E-state index contributed by atoms with van der Waals surface area (Å²) in [5.74, 6) is 2.09. The quantitative estimate of drug-likeness (QED) is 0.759. The van der Waals surface area contributed by atoms with Crippen molar-refractivity contribution in [2.45, 2.75) is 57.5 Å². The van der Waals surface area contributed by atoms with Gasteiger partial charge in [0.05, 0.1) is 5.69 Å². The van der Waals surface area contributed by atoms with Crippen molar-refractivity contribution < 1.29 is 0 Å². The van der Waals surface area contributed by atoms with Crippen molar-refractivity contribution in [1.29, 1.82) is 0 Å². The molecule has 0 radical (unpaired) electrons. The SMILES string of the molecule is Cc1nc(C2CCC2)n2c1CC(N)CC2. The summed E-state index contributed by atoms with van der Waals surface area (Å²) < 4.78 is 2.45. The first kappa shape index (κ1) is 9.40. The summed E-state index contributed by atoms with van der Waals surface area (Å²) >= 11 is 0. The number of hydrogen-bond acceptors (Lipinski definition) is 2. The van der Waals surface area contributed by atoms with Gasteiger partial charge in [-0.1, -0.05) is 6.42 Å². The lowest BCUT2D eigenvalue weighted by Gasteiger charge is -2.28. The highest BCUT2D eigenvalue weighted by Gasteiger charge is 2.29. The molecule has 1 saturated carbocycles. The molecule has 1 aromatic heterocycles. The molecule has 1 aliphatic heterocycles. The summed E-state index contributed by atoms with van der Waals surface area (Å²) in [7, 11) is 0. The summed E-state index contributed by atoms with van der Waals surface area (Å²) in [6.45, 7) is 3.22. The Balaban J connectivity index is 1.99. The molecule has 15 heavy (non-hydrogen) atoms. The normalized spacial score (nSPS) is 26.1. The van der Waals surface area contributed by atoms with Crippen LogP contribution in [0.4, 0.5) is 0 Å². The lowest BCUT2D eigenvalue weighted by molar-refractivity contribution is 0.369. The number of nitrogens with zero attached hydrogens (tertiary/aromatic N) is 2. The minimum atomic E-state index is 0.349. The molecule has 1 aromatic rings. The van der Waals surface area contributed by atoms with Gasteiger partial charge in [-0.2, -0.15) is 0 Å². The molecule has 3 heteroatoms. The Morgan fingerprint density at radius 2 is 2.13 bits per heavy atom. The van der Waals surface area contributed by atoms with E-state index in [0.717, 1.165) is 25.3 Å². The highest BCUT2D eigenvalue weighted by Crippen LogP contribution is 2.37. The number of hydrogen-bond donors (Lipinski definition) is 1. The lowest BCUT2D eigenvalue weighted by Crippen LogP contribution is -2.32. The van der Waals surface area contributed by atoms with E-state index < -0.39 is 0 Å². The molecule has 1 fully saturated rings. The standard InChI is InChI=1S/C12H19N3/c1-8-11-7-10(13)5-6-15(11)12(14-8)9-3-2-4-9/h9-10H,2-7,13H2,1H3. The van der Waals surface area contributed by atoms with Gasteiger partial charge < -0.3 is 10.3 Å². The van der Waals surface area contributed by atoms with Gasteiger partial charge in [0.15, 0.2) is 0 Å². The summed E-state index contributed by atoms with van der Waals surface area (Å²) in [4.78, 5) is 4.76. The molecule has 2 heterocycles. The topological polar surface area (TPSA) is 43.8 Å². The summed E-state index contributed by atoms with van der Waals surface area (Å²) in [5.41, 5.74) is 8.62. The maximum absolute atomic E-state index is 6.01. The van der Waals surface area contributed by atoms with Crippen LogP contribution in [-0.2, 0) is 13.0 Å². The van der Waals surface area contributed by atoms with Crippen LogP contribution in [0.2, 0.25) is 0 Å². The monoisotopic (exact) mass is 205 g/mol. The predicted molar refractivity (Wildman–Crippen MR) is 59.9 cm³/mol. The second-order valence-electron chi connectivity index (χ2n) is 5.03. The van der Waals surface area contributed by atoms with Crippen LogP contribution in [0.5, 0.6) is 0 Å². The second kappa shape index (κ2) is 3.34. The van der Waals surface area contributed by atoms with E-state index in [1.54, 1.807) is 0 Å². The third-order valence-corrected chi connectivity index (χ3v) is 3.95. The van der Waals surface area contributed by atoms with Gasteiger partial charge >= 0.3 is 0 Å². The molecule has 1 unspecified atom stereocenters. The molecule has 0 spiro atoms. The van der Waals surface area contributed by atoms with Crippen molar-refractivity contribution in [1.82, 2.24) is 9.55 Å². The summed E-state index contributed by atoms with van der Waals surface area (Å²) in [5, 5.41) is 0. The fraction of sp³-hybridized carbons (Fsp3) is 0.750. The van der Waals surface area contributed by atoms with Crippen LogP contribution in [0, 0.1) is 6.92 Å². The average Bonchev–Trinajstić information content (AvgIpc) is 2.41. The molecular formula is C12H19N3. The average molecular weight is 205 g/mol. The van der Waals surface area contributed by atoms with Gasteiger partial charge in [0.1, 0.15) is 5.82 Å². The molecule has 2 N–H and O–H groups in total. The van der Waals surface area contributed by atoms with Crippen molar-refractivity contribution in [3.05, 3.63) is 17.2 Å². The van der Waals surface area contributed by atoms with E-state index >= 15 is 0 Å². The number of rotatable bonds is 1. The molecule has 0 aromatic carbocycles. The zero-order valence-corrected chi connectivity index (χ0v) is 9.37. The third kappa shape index (κ3) is 1.41. The van der Waals surface area contributed by atoms with Crippen LogP contribution >= 0.6 is 0 Å². The molecule has 0 bridgehead atoms. The number of aryl methyl sites for hydroxylation is 1. The van der Waals surface area contributed by atoms with Crippen molar-refractivity contribution in [2.75, 3.05) is 0 Å². The Labute approximate surface area is 90.7 Å². The van der Waals surface area contributed by atoms with Crippen LogP contribution in [0.25, 0.3) is 0 Å². The van der Waals surface area contributed by atoms with Gasteiger partial charge in [-0.15, -0.1) is 0 Å². The van der Waals surface area contributed by atoms with Gasteiger partial charge in [-0.05, 0) is 26.2 Å². The van der Waals surface area contributed by atoms with E-state index in [1.165, 1.54) is 36.5 Å². The van der Waals surface area contributed by atoms with E-state index in [1.807, 2.05) is 0 Å². The maximum atomic E-state index is 6.01. The Morgan fingerprint density at radius 3 is 2.80 bits per heavy atom. The Bertz CT molecular complexity index is 376. The highest BCUT2D eigenvalue weighted by atomic mass is 15.1. The van der Waals surface area contributed by atoms with Gasteiger partial charge in [-0.3, -0.25) is 0 Å². The molecule has 3 rings (SSSR count). The summed E-state index contributed by atoms with van der Waals surface area (Å²) in [6, 6.07) is 0.349. The molecule has 1 aliphatic carbocycles. The fourth-order valence-electron chi connectivity index (χ4n) is 2.76. The van der Waals surface area contributed by atoms with Gasteiger partial charge in [0.2, 0.25) is 0 Å². The minimum Gasteiger partial charge on any atom is -0.331 e. The largest absolute Gasteiger partial charge is 0.331 e. The molecule has 82 valence electrons. The third-order valence-electron chi connectivity index (χ3n) is 3.95. The van der Waals surface area contributed by atoms with Crippen molar-refractivity contribution in [3.8, 4) is 0 Å². The van der Waals surface area contributed by atoms with Crippen LogP contribution in [0.3, 0.4) is 0 Å². The van der Waals surface area contributed by atoms with E-state index in [4.69, 9.17) is 10.7 Å². The van der Waals surface area contributed by atoms with Gasteiger partial charge in [0.25, 0.3) is 0 Å². The number of aromatic nitrogens is 2. The zero-order valence-electron chi connectivity index (χ0n) is 9.37. The van der Waals surface area contributed by atoms with E-state index in [0.29, 0.717) is 6.04 Å². The van der Waals surface area contributed by atoms with Crippen LogP contribution in [0.15, 0.2) is 0 Å². The van der Waals surface area contributed by atoms with Crippen LogP contribution < -0.4 is 5.73 Å². The predicted octanol–water partition coefficient (Wildman–Crippen LogP) is 1.73. The van der Waals surface area contributed by atoms with E-state index in [9.17, 15) is 0 Å². The van der Waals surface area contributed by atoms with Crippen molar-refractivity contribution in [3.63, 3.8) is 0 Å². The van der Waals surface area contributed by atoms with E-state index in [-0.39, 0.29) is 0 Å². The Hall–Kier alpha value is -0.830. The number of fused-ring (bicyclic) bond motifs is 1. The van der Waals surface area contributed by atoms with Gasteiger partial charge in [0, 0.05) is 30.6 Å². The molecule has 3 nitrogen and oxygen atoms in total. The van der Waals surface area contributed by atoms with Gasteiger partial charge in [-0.25, -0.2) is 4.98 Å². The molecule has 2 aliphatic rings. The minimum absolute atomic E-state index is 0.349. The van der Waals surface area contributed by atoms with Crippen LogP contribution in [-0.4, -0.2) is 15.6 Å². The first-order valence-electron chi connectivity index (χ1n) is 6.07. The molecule has 0 saturated heterocycles. The summed E-state index contributed by atoms with van der Waals surface area (Å²) in [6.07, 6.45) is 6.18. The lowest BCUT2D eigenvalue weighted by atomic mass is 9.84. The first-order chi connectivity index (χ1) is 7.25. The molecule has 1 atom stereocenters. The van der Waals surface area contributed by atoms with Crippen molar-refractivity contribution in [2.24, 2.45) is 5.73 Å². The highest BCUT2D eigenvalue weighted by molar-refractivity contribution is 5.22. The number of nitrogens with two attached hydrogens (primary N) is 1. The molecule has 0 amide bonds. The fourth-order valence-corrected chi connectivity index (χ4v) is 2.76. The first-order valence-corrected chi connectivity index (χ1v) is 6.07.